The Morgan fingerprint density at radius 1 is 0.966 bits per heavy atom. The average molecular weight is 400 g/mol. The van der Waals surface area contributed by atoms with Gasteiger partial charge in [-0.25, -0.2) is 4.79 Å². The minimum atomic E-state index is -0.720. The van der Waals surface area contributed by atoms with E-state index in [1.165, 1.54) is 21.3 Å². The van der Waals surface area contributed by atoms with Gasteiger partial charge in [0.05, 0.1) is 40.6 Å². The molecule has 0 fully saturated rings. The lowest BCUT2D eigenvalue weighted by atomic mass is 9.95. The molecule has 1 atom stereocenters. The zero-order valence-corrected chi connectivity index (χ0v) is 17.1. The number of hydrogen-bond acceptors (Lipinski definition) is 7. The fraction of sp³-hybridized carbons (Fsp3) is 0.318. The van der Waals surface area contributed by atoms with Gasteiger partial charge in [-0.3, -0.25) is 0 Å². The Morgan fingerprint density at radius 3 is 2.21 bits per heavy atom. The Balaban J connectivity index is 2.14. The second-order valence-corrected chi connectivity index (χ2v) is 6.18. The van der Waals surface area contributed by atoms with Crippen LogP contribution >= 0.6 is 0 Å². The summed E-state index contributed by atoms with van der Waals surface area (Å²) in [4.78, 5) is 12.7. The van der Waals surface area contributed by atoms with Crippen LogP contribution in [0.2, 0.25) is 0 Å². The SMILES string of the molecule is CCOC(=O)C1=Cc2ccc(OC)cc2OC1c1cc(OC)c(OC)c(OC)c1. The lowest BCUT2D eigenvalue weighted by Crippen LogP contribution is -2.22. The topological polar surface area (TPSA) is 72.5 Å². The normalized spacial score (nSPS) is 14.8. The fourth-order valence-electron chi connectivity index (χ4n) is 3.18. The molecule has 0 saturated carbocycles. The van der Waals surface area contributed by atoms with Crippen molar-refractivity contribution in [3.8, 4) is 28.7 Å². The zero-order chi connectivity index (χ0) is 21.0. The lowest BCUT2D eigenvalue weighted by molar-refractivity contribution is -0.139. The third-order valence-corrected chi connectivity index (χ3v) is 4.56. The molecule has 2 aromatic carbocycles. The van der Waals surface area contributed by atoms with Crippen LogP contribution < -0.4 is 23.7 Å². The molecule has 7 nitrogen and oxygen atoms in total. The summed E-state index contributed by atoms with van der Waals surface area (Å²) in [5.74, 6) is 2.18. The Labute approximate surface area is 169 Å². The van der Waals surface area contributed by atoms with Crippen molar-refractivity contribution in [3.63, 3.8) is 0 Å². The Morgan fingerprint density at radius 2 is 1.66 bits per heavy atom. The van der Waals surface area contributed by atoms with E-state index in [-0.39, 0.29) is 6.61 Å². The van der Waals surface area contributed by atoms with Gasteiger partial charge in [0, 0.05) is 17.2 Å². The summed E-state index contributed by atoms with van der Waals surface area (Å²) in [6.07, 6.45) is 1.05. The Bertz CT molecular complexity index is 908. The number of carbonyl (C=O) groups is 1. The number of ether oxygens (including phenoxy) is 6. The van der Waals surface area contributed by atoms with Gasteiger partial charge in [-0.1, -0.05) is 0 Å². The molecule has 0 amide bonds. The van der Waals surface area contributed by atoms with Gasteiger partial charge in [-0.05, 0) is 37.3 Å². The molecule has 154 valence electrons. The highest BCUT2D eigenvalue weighted by molar-refractivity contribution is 5.96. The third-order valence-electron chi connectivity index (χ3n) is 4.56. The number of methoxy groups -OCH3 is 4. The summed E-state index contributed by atoms with van der Waals surface area (Å²) < 4.78 is 33.0. The van der Waals surface area contributed by atoms with Crippen molar-refractivity contribution >= 4 is 12.0 Å². The van der Waals surface area contributed by atoms with Crippen LogP contribution in [0.5, 0.6) is 28.7 Å². The molecular formula is C22H24O7. The van der Waals surface area contributed by atoms with Crippen LogP contribution in [-0.2, 0) is 9.53 Å². The first-order valence-corrected chi connectivity index (χ1v) is 9.09. The highest BCUT2D eigenvalue weighted by Crippen LogP contribution is 2.45. The minimum Gasteiger partial charge on any atom is -0.497 e. The second kappa shape index (κ2) is 8.77. The first-order chi connectivity index (χ1) is 14.1. The minimum absolute atomic E-state index is 0.258. The molecule has 2 aromatic rings. The third kappa shape index (κ3) is 3.94. The molecule has 1 aliphatic heterocycles. The largest absolute Gasteiger partial charge is 0.497 e. The van der Waals surface area contributed by atoms with E-state index >= 15 is 0 Å². The first kappa shape index (κ1) is 20.4. The zero-order valence-electron chi connectivity index (χ0n) is 17.1. The van der Waals surface area contributed by atoms with Gasteiger partial charge in [-0.2, -0.15) is 0 Å². The van der Waals surface area contributed by atoms with Crippen molar-refractivity contribution in [2.75, 3.05) is 35.0 Å². The first-order valence-electron chi connectivity index (χ1n) is 9.09. The molecule has 0 radical (unpaired) electrons. The quantitative estimate of drug-likeness (QED) is 0.655. The number of fused-ring (bicyclic) bond motifs is 1. The maximum Gasteiger partial charge on any atom is 0.338 e. The van der Waals surface area contributed by atoms with Gasteiger partial charge >= 0.3 is 5.97 Å². The maximum atomic E-state index is 12.7. The molecule has 0 saturated heterocycles. The molecular weight excluding hydrogens is 376 g/mol. The van der Waals surface area contributed by atoms with Crippen LogP contribution in [0.1, 0.15) is 24.2 Å². The second-order valence-electron chi connectivity index (χ2n) is 6.18. The van der Waals surface area contributed by atoms with E-state index < -0.39 is 12.1 Å². The maximum absolute atomic E-state index is 12.7. The molecule has 3 rings (SSSR count). The van der Waals surface area contributed by atoms with Crippen molar-refractivity contribution < 1.29 is 33.2 Å². The van der Waals surface area contributed by atoms with Gasteiger partial charge in [0.2, 0.25) is 5.75 Å². The summed E-state index contributed by atoms with van der Waals surface area (Å²) in [5.41, 5.74) is 1.80. The summed E-state index contributed by atoms with van der Waals surface area (Å²) in [5, 5.41) is 0. The van der Waals surface area contributed by atoms with Gasteiger partial charge < -0.3 is 28.4 Å². The summed E-state index contributed by atoms with van der Waals surface area (Å²) in [6.45, 7) is 2.02. The van der Waals surface area contributed by atoms with E-state index in [1.54, 1.807) is 44.4 Å². The van der Waals surface area contributed by atoms with E-state index in [9.17, 15) is 4.79 Å². The number of carbonyl (C=O) groups excluding carboxylic acids is 1. The average Bonchev–Trinajstić information content (AvgIpc) is 2.76. The Hall–Kier alpha value is -3.35. The fourth-order valence-corrected chi connectivity index (χ4v) is 3.18. The van der Waals surface area contributed by atoms with Crippen molar-refractivity contribution in [2.24, 2.45) is 0 Å². The van der Waals surface area contributed by atoms with Crippen LogP contribution in [0.3, 0.4) is 0 Å². The van der Waals surface area contributed by atoms with Crippen molar-refractivity contribution in [3.05, 3.63) is 47.0 Å². The van der Waals surface area contributed by atoms with Crippen molar-refractivity contribution in [1.29, 1.82) is 0 Å². The van der Waals surface area contributed by atoms with Gasteiger partial charge in [-0.15, -0.1) is 0 Å². The number of rotatable bonds is 7. The predicted molar refractivity (Wildman–Crippen MR) is 107 cm³/mol. The van der Waals surface area contributed by atoms with Crippen molar-refractivity contribution in [1.82, 2.24) is 0 Å². The molecule has 0 bridgehead atoms. The Kier molecular flexibility index (Phi) is 6.16. The molecule has 0 aromatic heterocycles. The summed E-state index contributed by atoms with van der Waals surface area (Å²) in [6, 6.07) is 8.92. The predicted octanol–water partition coefficient (Wildman–Crippen LogP) is 3.80. The summed E-state index contributed by atoms with van der Waals surface area (Å²) >= 11 is 0. The van der Waals surface area contributed by atoms with E-state index in [1.807, 2.05) is 6.07 Å². The number of benzene rings is 2. The van der Waals surface area contributed by atoms with E-state index in [4.69, 9.17) is 28.4 Å². The molecule has 29 heavy (non-hydrogen) atoms. The highest BCUT2D eigenvalue weighted by atomic mass is 16.5. The molecule has 1 aliphatic rings. The van der Waals surface area contributed by atoms with Crippen LogP contribution in [0, 0.1) is 0 Å². The molecule has 0 N–H and O–H groups in total. The van der Waals surface area contributed by atoms with E-state index in [0.717, 1.165) is 5.56 Å². The van der Waals surface area contributed by atoms with Crippen LogP contribution in [0.4, 0.5) is 0 Å². The molecule has 0 aliphatic carbocycles. The molecule has 7 heteroatoms. The van der Waals surface area contributed by atoms with Crippen LogP contribution in [0.15, 0.2) is 35.9 Å². The van der Waals surface area contributed by atoms with Crippen LogP contribution in [-0.4, -0.2) is 41.0 Å². The monoisotopic (exact) mass is 400 g/mol. The van der Waals surface area contributed by atoms with Crippen molar-refractivity contribution in [2.45, 2.75) is 13.0 Å². The highest BCUT2D eigenvalue weighted by Gasteiger charge is 2.32. The van der Waals surface area contributed by atoms with Gasteiger partial charge in [0.25, 0.3) is 0 Å². The molecule has 1 heterocycles. The summed E-state index contributed by atoms with van der Waals surface area (Å²) in [7, 11) is 6.18. The van der Waals surface area contributed by atoms with E-state index in [2.05, 4.69) is 0 Å². The van der Waals surface area contributed by atoms with E-state index in [0.29, 0.717) is 39.9 Å². The molecule has 1 unspecified atom stereocenters. The number of esters is 1. The van der Waals surface area contributed by atoms with Gasteiger partial charge in [0.15, 0.2) is 17.6 Å². The lowest BCUT2D eigenvalue weighted by Gasteiger charge is -2.27. The smallest absolute Gasteiger partial charge is 0.338 e. The standard InChI is InChI=1S/C22H24O7/c1-6-28-22(23)16-9-13-7-8-15(24-2)12-17(13)29-20(16)14-10-18(25-3)21(27-5)19(11-14)26-4/h7-12,20H,6H2,1-5H3. The molecule has 0 spiro atoms. The van der Waals surface area contributed by atoms with Gasteiger partial charge in [0.1, 0.15) is 11.5 Å². The number of hydrogen-bond donors (Lipinski definition) is 0. The van der Waals surface area contributed by atoms with Crippen LogP contribution in [0.25, 0.3) is 6.08 Å².